The number of amides is 2. The molecule has 5 rings (SSSR count). The fourth-order valence-electron chi connectivity index (χ4n) is 4.53. The molecule has 2 aromatic heterocycles. The van der Waals surface area contributed by atoms with Gasteiger partial charge in [0.1, 0.15) is 5.69 Å². The smallest absolute Gasteiger partial charge is 0.274 e. The highest BCUT2D eigenvalue weighted by Gasteiger charge is 2.32. The number of hydrogen-bond acceptors (Lipinski definition) is 3. The molecule has 2 aliphatic heterocycles. The van der Waals surface area contributed by atoms with E-state index in [2.05, 4.69) is 10.1 Å². The van der Waals surface area contributed by atoms with Gasteiger partial charge >= 0.3 is 0 Å². The summed E-state index contributed by atoms with van der Waals surface area (Å²) in [5, 5.41) is 5.66. The number of likely N-dealkylation sites (tertiary alicyclic amines) is 1. The Labute approximate surface area is 169 Å². The Morgan fingerprint density at radius 2 is 1.86 bits per heavy atom. The highest BCUT2D eigenvalue weighted by Crippen LogP contribution is 2.26. The quantitative estimate of drug-likeness (QED) is 0.746. The number of carbonyl (C=O) groups excluding carboxylic acids is 2. The maximum Gasteiger partial charge on any atom is 0.274 e. The summed E-state index contributed by atoms with van der Waals surface area (Å²) in [6, 6.07) is 9.79. The second kappa shape index (κ2) is 7.06. The standard InChI is InChI=1S/C22H25N5O2/c1-2-27-19-9-12-26(21(28)18-13-15-7-3-4-8-17(15)23-18)14-16(19)20(24-27)22(29)25-10-5-6-11-25/h3-4,7-8,13,23H,2,5-6,9-12,14H2,1H3. The van der Waals surface area contributed by atoms with E-state index >= 15 is 0 Å². The van der Waals surface area contributed by atoms with E-state index < -0.39 is 0 Å². The molecule has 7 nitrogen and oxygen atoms in total. The van der Waals surface area contributed by atoms with Crippen molar-refractivity contribution in [3.8, 4) is 0 Å². The molecule has 29 heavy (non-hydrogen) atoms. The summed E-state index contributed by atoms with van der Waals surface area (Å²) in [6.45, 7) is 5.42. The first-order chi connectivity index (χ1) is 14.2. The molecular weight excluding hydrogens is 366 g/mol. The van der Waals surface area contributed by atoms with Crippen LogP contribution >= 0.6 is 0 Å². The number of aromatic amines is 1. The third-order valence-corrected chi connectivity index (χ3v) is 6.08. The van der Waals surface area contributed by atoms with Crippen LogP contribution in [0, 0.1) is 0 Å². The Kier molecular flexibility index (Phi) is 4.38. The predicted molar refractivity (Wildman–Crippen MR) is 110 cm³/mol. The lowest BCUT2D eigenvalue weighted by molar-refractivity contribution is 0.0718. The molecule has 0 aliphatic carbocycles. The Balaban J connectivity index is 1.45. The average molecular weight is 391 g/mol. The fraction of sp³-hybridized carbons (Fsp3) is 0.409. The van der Waals surface area contributed by atoms with Gasteiger partial charge in [0.2, 0.25) is 0 Å². The van der Waals surface area contributed by atoms with Crippen LogP contribution < -0.4 is 0 Å². The van der Waals surface area contributed by atoms with Crippen molar-refractivity contribution in [1.82, 2.24) is 24.6 Å². The third-order valence-electron chi connectivity index (χ3n) is 6.08. The first kappa shape index (κ1) is 18.0. The van der Waals surface area contributed by atoms with Crippen LogP contribution in [0.25, 0.3) is 10.9 Å². The number of hydrogen-bond donors (Lipinski definition) is 1. The second-order valence-electron chi connectivity index (χ2n) is 7.84. The van der Waals surface area contributed by atoms with Crippen LogP contribution in [0.3, 0.4) is 0 Å². The molecule has 7 heteroatoms. The lowest BCUT2D eigenvalue weighted by Crippen LogP contribution is -2.37. The number of H-pyrrole nitrogens is 1. The van der Waals surface area contributed by atoms with Crippen LogP contribution in [0.1, 0.15) is 52.0 Å². The van der Waals surface area contributed by atoms with Crippen LogP contribution in [-0.4, -0.2) is 56.0 Å². The largest absolute Gasteiger partial charge is 0.351 e. The van der Waals surface area contributed by atoms with Crippen molar-refractivity contribution in [3.63, 3.8) is 0 Å². The first-order valence-electron chi connectivity index (χ1n) is 10.4. The van der Waals surface area contributed by atoms with Crippen molar-refractivity contribution < 1.29 is 9.59 Å². The van der Waals surface area contributed by atoms with Gasteiger partial charge in [-0.25, -0.2) is 0 Å². The molecule has 0 bridgehead atoms. The SMILES string of the molecule is CCn1nc(C(=O)N2CCCC2)c2c1CCN(C(=O)c1cc3ccccc3[nH]1)C2. The van der Waals surface area contributed by atoms with E-state index in [0.29, 0.717) is 24.5 Å². The average Bonchev–Trinajstić information content (AvgIpc) is 3.50. The monoisotopic (exact) mass is 391 g/mol. The molecule has 0 unspecified atom stereocenters. The molecule has 150 valence electrons. The highest BCUT2D eigenvalue weighted by atomic mass is 16.2. The van der Waals surface area contributed by atoms with Crippen LogP contribution in [-0.2, 0) is 19.5 Å². The van der Waals surface area contributed by atoms with Gasteiger partial charge < -0.3 is 14.8 Å². The molecule has 2 amide bonds. The number of fused-ring (bicyclic) bond motifs is 2. The minimum absolute atomic E-state index is 0.00543. The summed E-state index contributed by atoms with van der Waals surface area (Å²) in [5.74, 6) is -0.0264. The first-order valence-corrected chi connectivity index (χ1v) is 10.4. The van der Waals surface area contributed by atoms with Gasteiger partial charge in [-0.3, -0.25) is 14.3 Å². The number of carbonyl (C=O) groups is 2. The van der Waals surface area contributed by atoms with Gasteiger partial charge in [-0.2, -0.15) is 5.10 Å². The molecule has 1 N–H and O–H groups in total. The summed E-state index contributed by atoms with van der Waals surface area (Å²) < 4.78 is 1.93. The second-order valence-corrected chi connectivity index (χ2v) is 7.84. The highest BCUT2D eigenvalue weighted by molar-refractivity contribution is 5.98. The van der Waals surface area contributed by atoms with E-state index in [0.717, 1.165) is 61.1 Å². The van der Waals surface area contributed by atoms with E-state index in [-0.39, 0.29) is 11.8 Å². The number of aromatic nitrogens is 3. The van der Waals surface area contributed by atoms with E-state index in [9.17, 15) is 9.59 Å². The van der Waals surface area contributed by atoms with Crippen molar-refractivity contribution in [2.45, 2.75) is 39.3 Å². The Morgan fingerprint density at radius 3 is 2.62 bits per heavy atom. The van der Waals surface area contributed by atoms with Crippen molar-refractivity contribution in [2.75, 3.05) is 19.6 Å². The maximum absolute atomic E-state index is 13.2. The van der Waals surface area contributed by atoms with Gasteiger partial charge in [0.25, 0.3) is 11.8 Å². The normalized spacial score (nSPS) is 16.4. The molecule has 0 atom stereocenters. The van der Waals surface area contributed by atoms with Crippen molar-refractivity contribution in [3.05, 3.63) is 53.0 Å². The molecule has 2 aliphatic rings. The molecule has 0 saturated carbocycles. The molecular formula is C22H25N5O2. The Morgan fingerprint density at radius 1 is 1.07 bits per heavy atom. The number of para-hydroxylation sites is 1. The van der Waals surface area contributed by atoms with Crippen molar-refractivity contribution in [2.24, 2.45) is 0 Å². The summed E-state index contributed by atoms with van der Waals surface area (Å²) in [4.78, 5) is 33.2. The van der Waals surface area contributed by atoms with E-state index in [1.165, 1.54) is 0 Å². The topological polar surface area (TPSA) is 74.2 Å². The van der Waals surface area contributed by atoms with Crippen LogP contribution in [0.5, 0.6) is 0 Å². The minimum Gasteiger partial charge on any atom is -0.351 e. The zero-order valence-electron chi connectivity index (χ0n) is 16.6. The van der Waals surface area contributed by atoms with Gasteiger partial charge in [-0.05, 0) is 31.9 Å². The van der Waals surface area contributed by atoms with E-state index in [1.807, 2.05) is 51.7 Å². The molecule has 0 spiro atoms. The summed E-state index contributed by atoms with van der Waals surface area (Å²) in [7, 11) is 0. The Bertz CT molecular complexity index is 1060. The van der Waals surface area contributed by atoms with Gasteiger partial charge in [0.15, 0.2) is 5.69 Å². The lowest BCUT2D eigenvalue weighted by Gasteiger charge is -2.27. The van der Waals surface area contributed by atoms with Crippen molar-refractivity contribution in [1.29, 1.82) is 0 Å². The molecule has 0 radical (unpaired) electrons. The number of nitrogens with one attached hydrogen (secondary N) is 1. The third kappa shape index (κ3) is 3.01. The lowest BCUT2D eigenvalue weighted by atomic mass is 10.0. The van der Waals surface area contributed by atoms with Gasteiger partial charge in [0.05, 0.1) is 6.54 Å². The van der Waals surface area contributed by atoms with Crippen LogP contribution in [0.2, 0.25) is 0 Å². The molecule has 1 saturated heterocycles. The summed E-state index contributed by atoms with van der Waals surface area (Å²) in [5.41, 5.74) is 4.08. The van der Waals surface area contributed by atoms with Crippen LogP contribution in [0.15, 0.2) is 30.3 Å². The number of rotatable bonds is 3. The minimum atomic E-state index is -0.0318. The van der Waals surface area contributed by atoms with Crippen LogP contribution in [0.4, 0.5) is 0 Å². The fourth-order valence-corrected chi connectivity index (χ4v) is 4.53. The molecule has 3 aromatic rings. The van der Waals surface area contributed by atoms with Gasteiger partial charge in [0, 0.05) is 54.8 Å². The zero-order valence-corrected chi connectivity index (χ0v) is 16.6. The van der Waals surface area contributed by atoms with E-state index in [1.54, 1.807) is 0 Å². The number of benzene rings is 1. The molecule has 1 aromatic carbocycles. The summed E-state index contributed by atoms with van der Waals surface area (Å²) >= 11 is 0. The Hall–Kier alpha value is -3.09. The maximum atomic E-state index is 13.2. The van der Waals surface area contributed by atoms with E-state index in [4.69, 9.17) is 0 Å². The van der Waals surface area contributed by atoms with Crippen molar-refractivity contribution >= 4 is 22.7 Å². The molecule has 4 heterocycles. The van der Waals surface area contributed by atoms with Gasteiger partial charge in [-0.15, -0.1) is 0 Å². The summed E-state index contributed by atoms with van der Waals surface area (Å²) in [6.07, 6.45) is 2.82. The zero-order chi connectivity index (χ0) is 20.0. The van der Waals surface area contributed by atoms with Gasteiger partial charge in [-0.1, -0.05) is 18.2 Å². The number of nitrogens with zero attached hydrogens (tertiary/aromatic N) is 4. The number of aryl methyl sites for hydroxylation is 1. The predicted octanol–water partition coefficient (Wildman–Crippen LogP) is 2.82. The molecule has 1 fully saturated rings.